The molecular weight excluding hydrogens is 612 g/mol. The van der Waals surface area contributed by atoms with E-state index in [0.717, 1.165) is 11.1 Å². The van der Waals surface area contributed by atoms with Gasteiger partial charge in [0.15, 0.2) is 11.6 Å². The number of phosphoric acid groups is 1. The van der Waals surface area contributed by atoms with Gasteiger partial charge < -0.3 is 34.7 Å². The molecule has 1 aliphatic rings. The average Bonchev–Trinajstić information content (AvgIpc) is 3.03. The Kier molecular flexibility index (Phi) is 12.5. The maximum absolute atomic E-state index is 14.0. The van der Waals surface area contributed by atoms with E-state index in [0.29, 0.717) is 37.4 Å². The molecule has 0 spiro atoms. The van der Waals surface area contributed by atoms with Crippen LogP contribution in [-0.2, 0) is 45.7 Å². The predicted molar refractivity (Wildman–Crippen MR) is 158 cm³/mol. The number of aliphatic carboxylic acids is 1. The summed E-state index contributed by atoms with van der Waals surface area (Å²) < 4.78 is 58.6. The normalized spacial score (nSPS) is 18.4. The van der Waals surface area contributed by atoms with Gasteiger partial charge in [0, 0.05) is 13.0 Å². The summed E-state index contributed by atoms with van der Waals surface area (Å²) in [5.41, 5.74) is 6.86. The molecule has 4 rings (SSSR count). The fourth-order valence-corrected chi connectivity index (χ4v) is 5.14. The second kappa shape index (κ2) is 16.5. The summed E-state index contributed by atoms with van der Waals surface area (Å²) >= 11 is 0. The second-order valence-corrected chi connectivity index (χ2v) is 11.6. The van der Waals surface area contributed by atoms with Gasteiger partial charge in [-0.05, 0) is 60.7 Å². The Bertz CT molecular complexity index is 1490. The number of carbonyl (C=O) groups is 2. The zero-order chi connectivity index (χ0) is 32.2. The van der Waals surface area contributed by atoms with E-state index in [1.54, 1.807) is 42.5 Å². The smallest absolute Gasteiger partial charge is 0.472 e. The molecule has 45 heavy (non-hydrogen) atoms. The maximum atomic E-state index is 14.0. The Morgan fingerprint density at radius 3 is 2.58 bits per heavy atom. The van der Waals surface area contributed by atoms with Crippen LogP contribution in [0.15, 0.2) is 72.8 Å². The molecule has 1 saturated heterocycles. The highest BCUT2D eigenvalue weighted by Gasteiger charge is 2.33. The topological polar surface area (TPSA) is 173 Å². The van der Waals surface area contributed by atoms with Crippen LogP contribution in [0.4, 0.5) is 4.39 Å². The molecule has 14 heteroatoms. The largest absolute Gasteiger partial charge is 0.489 e. The molecule has 1 aliphatic heterocycles. The van der Waals surface area contributed by atoms with E-state index >= 15 is 0 Å². The molecule has 3 aromatic rings. The first-order valence-corrected chi connectivity index (χ1v) is 15.7. The number of benzene rings is 3. The van der Waals surface area contributed by atoms with Crippen LogP contribution in [0.3, 0.4) is 0 Å². The molecule has 0 amide bonds. The Labute approximate surface area is 259 Å². The van der Waals surface area contributed by atoms with Gasteiger partial charge in [0.25, 0.3) is 0 Å². The summed E-state index contributed by atoms with van der Waals surface area (Å²) in [7, 11) is -4.62. The Balaban J connectivity index is 1.27. The van der Waals surface area contributed by atoms with E-state index in [1.807, 2.05) is 24.3 Å². The third-order valence-electron chi connectivity index (χ3n) is 6.73. The van der Waals surface area contributed by atoms with E-state index in [2.05, 4.69) is 4.52 Å². The molecule has 3 aromatic carbocycles. The van der Waals surface area contributed by atoms with Crippen molar-refractivity contribution in [2.45, 2.75) is 50.5 Å². The number of halogens is 1. The van der Waals surface area contributed by atoms with Gasteiger partial charge in [-0.2, -0.15) is 0 Å². The van der Waals surface area contributed by atoms with Gasteiger partial charge in [0.2, 0.25) is 0 Å². The van der Waals surface area contributed by atoms with Crippen molar-refractivity contribution in [1.29, 1.82) is 0 Å². The van der Waals surface area contributed by atoms with Gasteiger partial charge in [-0.3, -0.25) is 18.6 Å². The highest BCUT2D eigenvalue weighted by Crippen LogP contribution is 2.43. The number of nitrogens with two attached hydrogens (primary N) is 1. The van der Waals surface area contributed by atoms with Crippen molar-refractivity contribution >= 4 is 19.8 Å². The van der Waals surface area contributed by atoms with Gasteiger partial charge in [-0.25, -0.2) is 8.96 Å². The lowest BCUT2D eigenvalue weighted by atomic mass is 10.1. The number of hydrogen-bond acceptors (Lipinski definition) is 10. The van der Waals surface area contributed by atoms with E-state index in [-0.39, 0.29) is 18.8 Å². The van der Waals surface area contributed by atoms with Crippen molar-refractivity contribution in [2.75, 3.05) is 19.8 Å². The number of phosphoric ester groups is 1. The summed E-state index contributed by atoms with van der Waals surface area (Å²) in [5, 5.41) is 8.79. The van der Waals surface area contributed by atoms with Crippen molar-refractivity contribution < 1.29 is 56.5 Å². The Morgan fingerprint density at radius 1 is 1.04 bits per heavy atom. The molecule has 1 unspecified atom stereocenters. The van der Waals surface area contributed by atoms with Gasteiger partial charge in [0.05, 0.1) is 13.2 Å². The SMILES string of the molecule is N[C@@H](COP(=O)(O)OC[C@H]1OCCC[C@H]1OC(=O)CCc1ccccc1OCc1cccc(Oc2ccccc2F)c1)C(=O)O. The van der Waals surface area contributed by atoms with E-state index in [1.165, 1.54) is 6.07 Å². The highest BCUT2D eigenvalue weighted by atomic mass is 31.2. The number of aryl methyl sites for hydroxylation is 1. The van der Waals surface area contributed by atoms with Crippen LogP contribution in [-0.4, -0.2) is 60.0 Å². The fraction of sp³-hybridized carbons (Fsp3) is 0.355. The molecule has 0 radical (unpaired) electrons. The number of hydrogen-bond donors (Lipinski definition) is 3. The van der Waals surface area contributed by atoms with Crippen molar-refractivity contribution in [3.63, 3.8) is 0 Å². The third kappa shape index (κ3) is 10.9. The second-order valence-electron chi connectivity index (χ2n) is 10.2. The molecule has 0 aromatic heterocycles. The zero-order valence-corrected chi connectivity index (χ0v) is 25.2. The first-order valence-electron chi connectivity index (χ1n) is 14.2. The average molecular weight is 648 g/mol. The van der Waals surface area contributed by atoms with Crippen LogP contribution >= 0.6 is 7.82 Å². The number of ether oxygens (including phenoxy) is 4. The summed E-state index contributed by atoms with van der Waals surface area (Å²) in [5.74, 6) is -1.20. The Morgan fingerprint density at radius 2 is 1.80 bits per heavy atom. The molecular formula is C31H35FNO11P. The minimum absolute atomic E-state index is 0.0328. The highest BCUT2D eigenvalue weighted by molar-refractivity contribution is 7.47. The molecule has 12 nitrogen and oxygen atoms in total. The minimum Gasteiger partial charge on any atom is -0.489 e. The summed E-state index contributed by atoms with van der Waals surface area (Å²) in [6.45, 7) is -0.602. The van der Waals surface area contributed by atoms with Crippen molar-refractivity contribution in [1.82, 2.24) is 0 Å². The molecule has 0 bridgehead atoms. The van der Waals surface area contributed by atoms with Gasteiger partial charge >= 0.3 is 19.8 Å². The van der Waals surface area contributed by atoms with Crippen LogP contribution in [0, 0.1) is 5.82 Å². The molecule has 0 aliphatic carbocycles. The Hall–Kier alpha value is -3.84. The standard InChI is InChI=1S/C31H35FNO11P/c32-24-10-2-4-12-27(24)43-23-9-5-7-21(17-23)18-40-26-11-3-1-8-22(26)14-15-30(34)44-28-13-6-16-39-29(28)20-42-45(37,38)41-19-25(33)31(35)36/h1-5,7-12,17,25,28-29H,6,13-16,18-20,33H2,(H,35,36)(H,37,38)/t25-,28+,29+/m0/s1. The van der Waals surface area contributed by atoms with Crippen LogP contribution in [0.25, 0.3) is 0 Å². The lowest BCUT2D eigenvalue weighted by Gasteiger charge is -2.31. The van der Waals surface area contributed by atoms with Crippen molar-refractivity contribution in [3.05, 3.63) is 89.7 Å². The van der Waals surface area contributed by atoms with Gasteiger partial charge in [0.1, 0.15) is 36.4 Å². The molecule has 1 fully saturated rings. The maximum Gasteiger partial charge on any atom is 0.472 e. The third-order valence-corrected chi connectivity index (χ3v) is 7.68. The number of rotatable bonds is 16. The van der Waals surface area contributed by atoms with Crippen LogP contribution in [0.5, 0.6) is 17.2 Å². The quantitative estimate of drug-likeness (QED) is 0.144. The fourth-order valence-electron chi connectivity index (χ4n) is 4.38. The number of carbonyl (C=O) groups excluding carboxylic acids is 1. The summed E-state index contributed by atoms with van der Waals surface area (Å²) in [4.78, 5) is 33.4. The van der Waals surface area contributed by atoms with Crippen LogP contribution < -0.4 is 15.2 Å². The first kappa shape index (κ1) is 34.0. The van der Waals surface area contributed by atoms with Crippen LogP contribution in [0.2, 0.25) is 0 Å². The lowest BCUT2D eigenvalue weighted by molar-refractivity contribution is -0.166. The minimum atomic E-state index is -4.62. The first-order chi connectivity index (χ1) is 21.6. The van der Waals surface area contributed by atoms with Crippen molar-refractivity contribution in [3.8, 4) is 17.2 Å². The van der Waals surface area contributed by atoms with E-state index in [4.69, 9.17) is 34.3 Å². The van der Waals surface area contributed by atoms with Crippen LogP contribution in [0.1, 0.15) is 30.4 Å². The number of carboxylic acids is 1. The van der Waals surface area contributed by atoms with Gasteiger partial charge in [-0.15, -0.1) is 0 Å². The van der Waals surface area contributed by atoms with Gasteiger partial charge in [-0.1, -0.05) is 42.5 Å². The number of para-hydroxylation sites is 2. The summed E-state index contributed by atoms with van der Waals surface area (Å²) in [6.07, 6.45) is -0.126. The monoisotopic (exact) mass is 647 g/mol. The molecule has 242 valence electrons. The molecule has 4 N–H and O–H groups in total. The van der Waals surface area contributed by atoms with E-state index < -0.39 is 57.0 Å². The predicted octanol–water partition coefficient (Wildman–Crippen LogP) is 4.77. The zero-order valence-electron chi connectivity index (χ0n) is 24.3. The lowest BCUT2D eigenvalue weighted by Crippen LogP contribution is -2.40. The summed E-state index contributed by atoms with van der Waals surface area (Å²) in [6, 6.07) is 19.0. The number of carboxylic acid groups (broad SMARTS) is 1. The molecule has 4 atom stereocenters. The number of esters is 1. The molecule has 0 saturated carbocycles. The molecule has 1 heterocycles. The van der Waals surface area contributed by atoms with E-state index in [9.17, 15) is 23.4 Å². The van der Waals surface area contributed by atoms with Crippen molar-refractivity contribution in [2.24, 2.45) is 5.73 Å².